The van der Waals surface area contributed by atoms with Crippen molar-refractivity contribution in [2.45, 2.75) is 56.7 Å². The van der Waals surface area contributed by atoms with Crippen LogP contribution in [0.3, 0.4) is 0 Å². The fraction of sp³-hybridized carbons (Fsp3) is 0.429. The van der Waals surface area contributed by atoms with Crippen molar-refractivity contribution in [1.29, 1.82) is 0 Å². The van der Waals surface area contributed by atoms with Gasteiger partial charge in [-0.3, -0.25) is 9.11 Å². The zero-order chi connectivity index (χ0) is 25.6. The van der Waals surface area contributed by atoms with Gasteiger partial charge in [0.2, 0.25) is 0 Å². The Kier molecular flexibility index (Phi) is 10.2. The molecule has 2 aromatic rings. The normalized spacial score (nSPS) is 13.2. The van der Waals surface area contributed by atoms with Gasteiger partial charge in [0, 0.05) is 0 Å². The first-order valence-electron chi connectivity index (χ1n) is 10.1. The van der Waals surface area contributed by atoms with Gasteiger partial charge >= 0.3 is 10.4 Å². The Balaban J connectivity index is 0.00000265. The average molecular weight is 523 g/mol. The van der Waals surface area contributed by atoms with E-state index in [4.69, 9.17) is 4.55 Å². The Hall–Kier alpha value is -1.83. The Bertz CT molecular complexity index is 1260. The largest absolute Gasteiger partial charge is 0.397 e. The quantitative estimate of drug-likeness (QED) is 0.471. The molecular weight excluding hydrogens is 492 g/mol. The number of rotatable bonds is 9. The van der Waals surface area contributed by atoms with Crippen LogP contribution >= 0.6 is 0 Å². The summed E-state index contributed by atoms with van der Waals surface area (Å²) >= 11 is 0. The van der Waals surface area contributed by atoms with Crippen molar-refractivity contribution in [2.24, 2.45) is 0 Å². The second-order valence-corrected chi connectivity index (χ2v) is 11.9. The zero-order valence-electron chi connectivity index (χ0n) is 19.1. The lowest BCUT2D eigenvalue weighted by molar-refractivity contribution is 0.284. The van der Waals surface area contributed by atoms with Gasteiger partial charge in [-0.05, 0) is 66.6 Å². The lowest BCUT2D eigenvalue weighted by Gasteiger charge is -2.16. The molecule has 0 aliphatic heterocycles. The van der Waals surface area contributed by atoms with Gasteiger partial charge in [0.1, 0.15) is 0 Å². The van der Waals surface area contributed by atoms with Crippen LogP contribution in [0.1, 0.15) is 48.9 Å². The second-order valence-electron chi connectivity index (χ2n) is 7.26. The SMILES string of the molecule is CC.Cc1cc(C)c(S(=O)(=O)O)cc1C[C@@H](C)c1ccc(S(=O)(=O)CCOS(=O)(=O)O)cc1. The molecule has 33 heavy (non-hydrogen) atoms. The minimum absolute atomic E-state index is 0.0254. The monoisotopic (exact) mass is 522 g/mol. The summed E-state index contributed by atoms with van der Waals surface area (Å²) in [6.07, 6.45) is 0.461. The van der Waals surface area contributed by atoms with E-state index in [9.17, 15) is 29.8 Å². The molecule has 0 spiro atoms. The van der Waals surface area contributed by atoms with Gasteiger partial charge in [0.25, 0.3) is 10.1 Å². The van der Waals surface area contributed by atoms with E-state index in [1.807, 2.05) is 27.7 Å². The highest BCUT2D eigenvalue weighted by molar-refractivity contribution is 7.91. The van der Waals surface area contributed by atoms with Crippen molar-refractivity contribution in [3.8, 4) is 0 Å². The predicted molar refractivity (Wildman–Crippen MR) is 125 cm³/mol. The minimum Gasteiger partial charge on any atom is -0.282 e. The van der Waals surface area contributed by atoms with Crippen molar-refractivity contribution >= 4 is 30.4 Å². The molecule has 0 aliphatic rings. The van der Waals surface area contributed by atoms with E-state index in [0.717, 1.165) is 16.7 Å². The molecule has 0 unspecified atom stereocenters. The summed E-state index contributed by atoms with van der Waals surface area (Å²) in [6, 6.07) is 9.16. The molecular formula is C21H30O9S3. The van der Waals surface area contributed by atoms with Crippen LogP contribution in [0, 0.1) is 13.8 Å². The number of hydrogen-bond acceptors (Lipinski definition) is 7. The van der Waals surface area contributed by atoms with Crippen molar-refractivity contribution in [1.82, 2.24) is 0 Å². The smallest absolute Gasteiger partial charge is 0.282 e. The van der Waals surface area contributed by atoms with Crippen molar-refractivity contribution in [3.05, 3.63) is 58.7 Å². The number of sulfone groups is 1. The summed E-state index contributed by atoms with van der Waals surface area (Å²) in [5, 5.41) is 0. The molecule has 2 N–H and O–H groups in total. The Labute approximate surface area is 196 Å². The first-order valence-corrected chi connectivity index (χ1v) is 14.6. The second kappa shape index (κ2) is 11.5. The first kappa shape index (κ1) is 29.2. The third-order valence-electron chi connectivity index (χ3n) is 4.83. The summed E-state index contributed by atoms with van der Waals surface area (Å²) < 4.78 is 90.7. The first-order chi connectivity index (χ1) is 15.1. The molecule has 186 valence electrons. The van der Waals surface area contributed by atoms with E-state index in [0.29, 0.717) is 12.0 Å². The molecule has 0 aromatic heterocycles. The van der Waals surface area contributed by atoms with E-state index in [-0.39, 0.29) is 15.7 Å². The van der Waals surface area contributed by atoms with Crippen LogP contribution in [0.5, 0.6) is 0 Å². The third-order valence-corrected chi connectivity index (χ3v) is 7.98. The van der Waals surface area contributed by atoms with Crippen molar-refractivity contribution in [2.75, 3.05) is 12.4 Å². The van der Waals surface area contributed by atoms with E-state index in [1.165, 1.54) is 18.2 Å². The van der Waals surface area contributed by atoms with E-state index < -0.39 is 42.7 Å². The molecule has 0 amide bonds. The third kappa shape index (κ3) is 8.80. The molecule has 0 radical (unpaired) electrons. The van der Waals surface area contributed by atoms with Crippen LogP contribution in [-0.2, 0) is 41.0 Å². The molecule has 0 aliphatic carbocycles. The van der Waals surface area contributed by atoms with E-state index in [1.54, 1.807) is 25.1 Å². The van der Waals surface area contributed by atoms with Gasteiger partial charge < -0.3 is 0 Å². The minimum atomic E-state index is -4.71. The molecule has 0 saturated carbocycles. The molecule has 0 saturated heterocycles. The highest BCUT2D eigenvalue weighted by Gasteiger charge is 2.19. The Morgan fingerprint density at radius 2 is 1.42 bits per heavy atom. The van der Waals surface area contributed by atoms with Gasteiger partial charge in [-0.2, -0.15) is 16.8 Å². The van der Waals surface area contributed by atoms with Crippen LogP contribution in [0.25, 0.3) is 0 Å². The molecule has 0 fully saturated rings. The maximum absolute atomic E-state index is 12.3. The summed E-state index contributed by atoms with van der Waals surface area (Å²) in [4.78, 5) is -0.170. The molecule has 0 heterocycles. The molecule has 0 bridgehead atoms. The number of hydrogen-bond donors (Lipinski definition) is 2. The lowest BCUT2D eigenvalue weighted by Crippen LogP contribution is -2.15. The van der Waals surface area contributed by atoms with Crippen LogP contribution in [0.4, 0.5) is 0 Å². The average Bonchev–Trinajstić information content (AvgIpc) is 2.69. The van der Waals surface area contributed by atoms with Crippen LogP contribution in [-0.4, -0.2) is 46.7 Å². The molecule has 2 aromatic carbocycles. The van der Waals surface area contributed by atoms with Gasteiger partial charge in [-0.1, -0.05) is 39.0 Å². The van der Waals surface area contributed by atoms with Crippen LogP contribution in [0.2, 0.25) is 0 Å². The topological polar surface area (TPSA) is 152 Å². The fourth-order valence-electron chi connectivity index (χ4n) is 3.19. The van der Waals surface area contributed by atoms with Crippen molar-refractivity contribution in [3.63, 3.8) is 0 Å². The lowest BCUT2D eigenvalue weighted by atomic mass is 9.91. The predicted octanol–water partition coefficient (Wildman–Crippen LogP) is 3.52. The standard InChI is InChI=1S/C19H24O9S3.C2H6/c1-13-10-15(3)19(30(22,23)24)12-17(13)11-14(2)16-4-6-18(7-5-16)29(20,21)9-8-28-31(25,26)27;1-2/h4-7,10,12,14H,8-9,11H2,1-3H3,(H,22,23,24)(H,25,26,27);1-2H3/t14-;/m1./s1. The summed E-state index contributed by atoms with van der Waals surface area (Å²) in [5.74, 6) is -0.710. The number of aryl methyl sites for hydroxylation is 2. The highest BCUT2D eigenvalue weighted by atomic mass is 32.3. The fourth-order valence-corrected chi connectivity index (χ4v) is 5.44. The van der Waals surface area contributed by atoms with Gasteiger partial charge in [0.15, 0.2) is 9.84 Å². The van der Waals surface area contributed by atoms with E-state index >= 15 is 0 Å². The maximum Gasteiger partial charge on any atom is 0.397 e. The summed E-state index contributed by atoms with van der Waals surface area (Å²) in [7, 11) is -12.9. The van der Waals surface area contributed by atoms with Crippen LogP contribution in [0.15, 0.2) is 46.2 Å². The molecule has 12 heteroatoms. The van der Waals surface area contributed by atoms with Gasteiger partial charge in [0.05, 0.1) is 22.2 Å². The maximum atomic E-state index is 12.3. The molecule has 2 rings (SSSR count). The molecule has 1 atom stereocenters. The van der Waals surface area contributed by atoms with Crippen LogP contribution < -0.4 is 0 Å². The van der Waals surface area contributed by atoms with Gasteiger partial charge in [-0.25, -0.2) is 12.6 Å². The highest BCUT2D eigenvalue weighted by Crippen LogP contribution is 2.27. The zero-order valence-corrected chi connectivity index (χ0v) is 21.6. The van der Waals surface area contributed by atoms with E-state index in [2.05, 4.69) is 4.18 Å². The summed E-state index contributed by atoms with van der Waals surface area (Å²) in [5.41, 5.74) is 2.87. The summed E-state index contributed by atoms with van der Waals surface area (Å²) in [6.45, 7) is 8.63. The molecule has 9 nitrogen and oxygen atoms in total. The van der Waals surface area contributed by atoms with Crippen molar-refractivity contribution < 1.29 is 38.5 Å². The Morgan fingerprint density at radius 1 is 0.879 bits per heavy atom. The Morgan fingerprint density at radius 3 is 1.91 bits per heavy atom. The van der Waals surface area contributed by atoms with Gasteiger partial charge in [-0.15, -0.1) is 0 Å². The number of benzene rings is 2.